The van der Waals surface area contributed by atoms with Crippen LogP contribution in [0.2, 0.25) is 0 Å². The summed E-state index contributed by atoms with van der Waals surface area (Å²) < 4.78 is 36.5. The van der Waals surface area contributed by atoms with E-state index < -0.39 is 46.8 Å². The van der Waals surface area contributed by atoms with Gasteiger partial charge in [0.15, 0.2) is 10.8 Å². The molecule has 0 aromatic carbocycles. The lowest BCUT2D eigenvalue weighted by Crippen LogP contribution is -2.73. The molecule has 0 saturated carbocycles. The predicted molar refractivity (Wildman–Crippen MR) is 90.8 cm³/mol. The molecule has 2 heterocycles. The van der Waals surface area contributed by atoms with Crippen molar-refractivity contribution in [3.63, 3.8) is 0 Å². The number of rotatable bonds is 7. The second kappa shape index (κ2) is 7.85. The molecular formula is C12H15N5O8S2. The number of hydrogen-bond acceptors (Lipinski definition) is 11. The third kappa shape index (κ3) is 4.50. The van der Waals surface area contributed by atoms with E-state index in [4.69, 9.17) is 10.3 Å². The summed E-state index contributed by atoms with van der Waals surface area (Å²) in [4.78, 5) is 43.9. The van der Waals surface area contributed by atoms with Crippen molar-refractivity contribution >= 4 is 50.3 Å². The number of ether oxygens (including phenoxy) is 1. The van der Waals surface area contributed by atoms with Crippen LogP contribution in [0, 0.1) is 0 Å². The molecule has 2 atom stereocenters. The van der Waals surface area contributed by atoms with Crippen LogP contribution in [0.3, 0.4) is 0 Å². The lowest BCUT2D eigenvalue weighted by atomic mass is 9.99. The fourth-order valence-electron chi connectivity index (χ4n) is 2.23. The van der Waals surface area contributed by atoms with Gasteiger partial charge >= 0.3 is 16.3 Å². The zero-order valence-corrected chi connectivity index (χ0v) is 15.6. The Hall–Kier alpha value is -2.78. The Morgan fingerprint density at radius 3 is 2.67 bits per heavy atom. The fraction of sp³-hybridized carbons (Fsp3) is 0.417. The van der Waals surface area contributed by atoms with Crippen molar-refractivity contribution in [2.45, 2.75) is 19.0 Å². The molecule has 15 heteroatoms. The van der Waals surface area contributed by atoms with Gasteiger partial charge in [0, 0.05) is 12.3 Å². The van der Waals surface area contributed by atoms with Crippen LogP contribution in [0.25, 0.3) is 0 Å². The van der Waals surface area contributed by atoms with Crippen LogP contribution < -0.4 is 11.1 Å². The molecule has 0 spiro atoms. The van der Waals surface area contributed by atoms with Crippen LogP contribution in [-0.4, -0.2) is 71.6 Å². The van der Waals surface area contributed by atoms with Crippen molar-refractivity contribution in [3.05, 3.63) is 11.1 Å². The van der Waals surface area contributed by atoms with Crippen LogP contribution in [0.5, 0.6) is 0 Å². The van der Waals surface area contributed by atoms with Crippen molar-refractivity contribution in [2.75, 3.05) is 19.5 Å². The average molecular weight is 421 g/mol. The van der Waals surface area contributed by atoms with Gasteiger partial charge in [0.2, 0.25) is 0 Å². The lowest BCUT2D eigenvalue weighted by molar-refractivity contribution is -0.154. The molecule has 27 heavy (non-hydrogen) atoms. The molecule has 148 valence electrons. The highest BCUT2D eigenvalue weighted by molar-refractivity contribution is 7.84. The Morgan fingerprint density at radius 2 is 2.19 bits per heavy atom. The maximum absolute atomic E-state index is 12.4. The Kier molecular flexibility index (Phi) is 5.97. The zero-order valence-electron chi connectivity index (χ0n) is 14.0. The summed E-state index contributed by atoms with van der Waals surface area (Å²) in [7, 11) is -3.72. The number of carbonyl (C=O) groups is 3. The molecule has 0 unspecified atom stereocenters. The molecule has 1 fully saturated rings. The number of nitrogens with zero attached hydrogens (tertiary/aromatic N) is 3. The minimum absolute atomic E-state index is 0.0757. The number of anilines is 1. The number of oxime groups is 1. The number of amides is 2. The SMILES string of the molecule is CON=C(C(=O)N[C@H]1C(=O)N(S(=O)(=O)O)[C@H]1COC(C)=O)c1csc(N)n1. The number of nitrogen functional groups attached to an aromatic ring is 1. The van der Waals surface area contributed by atoms with Crippen molar-refractivity contribution < 1.29 is 36.9 Å². The highest BCUT2D eigenvalue weighted by Crippen LogP contribution is 2.24. The molecule has 0 bridgehead atoms. The van der Waals surface area contributed by atoms with Crippen LogP contribution in [0.4, 0.5) is 5.13 Å². The summed E-state index contributed by atoms with van der Waals surface area (Å²) in [6, 6.07) is -2.72. The minimum Gasteiger partial charge on any atom is -0.464 e. The number of aromatic nitrogens is 1. The summed E-state index contributed by atoms with van der Waals surface area (Å²) in [5.41, 5.74) is 5.27. The first-order valence-electron chi connectivity index (χ1n) is 7.13. The normalized spacial score (nSPS) is 20.0. The van der Waals surface area contributed by atoms with E-state index in [-0.39, 0.29) is 20.8 Å². The van der Waals surface area contributed by atoms with Crippen molar-refractivity contribution in [1.29, 1.82) is 0 Å². The van der Waals surface area contributed by atoms with Gasteiger partial charge in [0.25, 0.3) is 11.8 Å². The standard InChI is InChI=1S/C12H15N5O8S2/c1-5(18)25-3-7-9(11(20)17(7)27(21,22)23)15-10(19)8(16-24-2)6-4-26-12(13)14-6/h4,7,9H,3H2,1-2H3,(H2,13,14)(H,15,19)(H,21,22,23)/t7-,9+/m0/s1. The second-order valence-corrected chi connectivity index (χ2v) is 7.31. The third-order valence-corrected chi connectivity index (χ3v) is 4.95. The van der Waals surface area contributed by atoms with Gasteiger partial charge in [-0.2, -0.15) is 8.42 Å². The van der Waals surface area contributed by atoms with Crippen molar-refractivity contribution in [3.8, 4) is 0 Å². The summed E-state index contributed by atoms with van der Waals surface area (Å²) in [5.74, 6) is -2.77. The van der Waals surface area contributed by atoms with Crippen molar-refractivity contribution in [2.24, 2.45) is 5.16 Å². The summed E-state index contributed by atoms with van der Waals surface area (Å²) in [5, 5.41) is 7.36. The fourth-order valence-corrected chi connectivity index (χ4v) is 3.64. The number of nitrogens with one attached hydrogen (secondary N) is 1. The molecule has 2 amide bonds. The maximum Gasteiger partial charge on any atom is 0.362 e. The van der Waals surface area contributed by atoms with Crippen LogP contribution in [0.1, 0.15) is 12.6 Å². The highest BCUT2D eigenvalue weighted by atomic mass is 32.2. The molecule has 1 aliphatic heterocycles. The molecule has 1 saturated heterocycles. The first-order chi connectivity index (χ1) is 12.6. The van der Waals surface area contributed by atoms with E-state index in [1.807, 2.05) is 0 Å². The number of thiazole rings is 1. The van der Waals surface area contributed by atoms with Gasteiger partial charge in [0.1, 0.15) is 31.5 Å². The van der Waals surface area contributed by atoms with E-state index in [2.05, 4.69) is 25.0 Å². The number of β-lactam (4-membered cyclic amide) rings is 1. The van der Waals surface area contributed by atoms with Gasteiger partial charge in [-0.1, -0.05) is 5.16 Å². The van der Waals surface area contributed by atoms with Crippen LogP contribution in [-0.2, 0) is 34.3 Å². The maximum atomic E-state index is 12.4. The number of hydrogen-bond donors (Lipinski definition) is 3. The van der Waals surface area contributed by atoms with Crippen molar-refractivity contribution in [1.82, 2.24) is 14.6 Å². The molecular weight excluding hydrogens is 406 g/mol. The Balaban J connectivity index is 2.22. The van der Waals surface area contributed by atoms with Crippen LogP contribution >= 0.6 is 11.3 Å². The molecule has 13 nitrogen and oxygen atoms in total. The van der Waals surface area contributed by atoms with Gasteiger partial charge < -0.3 is 20.6 Å². The molecule has 1 aromatic rings. The molecule has 0 radical (unpaired) electrons. The first kappa shape index (κ1) is 20.5. The number of esters is 1. The summed E-state index contributed by atoms with van der Waals surface area (Å²) in [6.45, 7) is 0.508. The lowest BCUT2D eigenvalue weighted by Gasteiger charge is -2.43. The molecule has 0 aliphatic carbocycles. The Morgan fingerprint density at radius 1 is 1.52 bits per heavy atom. The Bertz CT molecular complexity index is 895. The molecule has 2 rings (SSSR count). The quantitative estimate of drug-likeness (QED) is 0.148. The van der Waals surface area contributed by atoms with Gasteiger partial charge in [-0.3, -0.25) is 18.9 Å². The smallest absolute Gasteiger partial charge is 0.362 e. The first-order valence-corrected chi connectivity index (χ1v) is 9.41. The van der Waals surface area contributed by atoms with E-state index in [1.165, 1.54) is 12.5 Å². The minimum atomic E-state index is -4.90. The van der Waals surface area contributed by atoms with Gasteiger partial charge in [0.05, 0.1) is 0 Å². The largest absolute Gasteiger partial charge is 0.464 e. The highest BCUT2D eigenvalue weighted by Gasteiger charge is 2.54. The summed E-state index contributed by atoms with van der Waals surface area (Å²) >= 11 is 1.04. The van der Waals surface area contributed by atoms with E-state index >= 15 is 0 Å². The van der Waals surface area contributed by atoms with E-state index in [9.17, 15) is 22.8 Å². The third-order valence-electron chi connectivity index (χ3n) is 3.32. The average Bonchev–Trinajstić information content (AvgIpc) is 2.98. The van der Waals surface area contributed by atoms with E-state index in [0.29, 0.717) is 0 Å². The monoisotopic (exact) mass is 421 g/mol. The van der Waals surface area contributed by atoms with Gasteiger partial charge in [-0.15, -0.1) is 11.3 Å². The molecule has 1 aliphatic rings. The van der Waals surface area contributed by atoms with Gasteiger partial charge in [-0.25, -0.2) is 9.29 Å². The molecule has 4 N–H and O–H groups in total. The number of nitrogens with two attached hydrogens (primary N) is 1. The Labute approximate surface area is 157 Å². The van der Waals surface area contributed by atoms with Crippen LogP contribution in [0.15, 0.2) is 10.5 Å². The molecule has 1 aromatic heterocycles. The number of carbonyl (C=O) groups excluding carboxylic acids is 3. The van der Waals surface area contributed by atoms with E-state index in [0.717, 1.165) is 18.3 Å². The topological polar surface area (TPSA) is 191 Å². The zero-order chi connectivity index (χ0) is 20.4. The predicted octanol–water partition coefficient (Wildman–Crippen LogP) is -1.86. The summed E-state index contributed by atoms with van der Waals surface area (Å²) in [6.07, 6.45) is 0. The second-order valence-electron chi connectivity index (χ2n) is 5.13. The van der Waals surface area contributed by atoms with Gasteiger partial charge in [-0.05, 0) is 0 Å². The van der Waals surface area contributed by atoms with E-state index in [1.54, 1.807) is 0 Å².